The highest BCUT2D eigenvalue weighted by atomic mass is 19.4. The van der Waals surface area contributed by atoms with Gasteiger partial charge in [0, 0.05) is 12.0 Å². The van der Waals surface area contributed by atoms with Crippen LogP contribution in [0.3, 0.4) is 0 Å². The molecule has 0 saturated carbocycles. The Kier molecular flexibility index (Phi) is 5.73. The van der Waals surface area contributed by atoms with Crippen LogP contribution < -0.4 is 5.43 Å². The summed E-state index contributed by atoms with van der Waals surface area (Å²) in [6.07, 6.45) is -2.84. The Morgan fingerprint density at radius 2 is 2.08 bits per heavy atom. The zero-order valence-corrected chi connectivity index (χ0v) is 14.4. The summed E-state index contributed by atoms with van der Waals surface area (Å²) in [7, 11) is 0. The number of halogens is 3. The van der Waals surface area contributed by atoms with Crippen LogP contribution in [0.25, 0.3) is 0 Å². The molecule has 25 heavy (non-hydrogen) atoms. The molecule has 2 rings (SSSR count). The van der Waals surface area contributed by atoms with E-state index >= 15 is 0 Å². The SMILES string of the molecule is CC1(C)CC(=O)NN1[C@@H](CCCCc1cccc(C#N)c1)C(F)(F)F. The molecule has 1 heterocycles. The van der Waals surface area contributed by atoms with Crippen molar-refractivity contribution in [2.45, 2.75) is 63.7 Å². The van der Waals surface area contributed by atoms with E-state index in [0.717, 1.165) is 10.6 Å². The third kappa shape index (κ3) is 4.95. The van der Waals surface area contributed by atoms with Crippen molar-refractivity contribution in [3.8, 4) is 6.07 Å². The van der Waals surface area contributed by atoms with E-state index in [1.807, 2.05) is 6.07 Å². The Morgan fingerprint density at radius 3 is 2.64 bits per heavy atom. The molecule has 1 aromatic rings. The first-order valence-corrected chi connectivity index (χ1v) is 8.28. The summed E-state index contributed by atoms with van der Waals surface area (Å²) in [4.78, 5) is 11.5. The van der Waals surface area contributed by atoms with Gasteiger partial charge in [-0.1, -0.05) is 18.6 Å². The predicted octanol–water partition coefficient (Wildman–Crippen LogP) is 3.72. The van der Waals surface area contributed by atoms with Crippen molar-refractivity contribution in [1.29, 1.82) is 5.26 Å². The lowest BCUT2D eigenvalue weighted by molar-refractivity contribution is -0.202. The normalized spacial score (nSPS) is 18.6. The Labute approximate surface area is 145 Å². The summed E-state index contributed by atoms with van der Waals surface area (Å²) in [6, 6.07) is 7.45. The van der Waals surface area contributed by atoms with Crippen LogP contribution in [0.15, 0.2) is 24.3 Å². The molecule has 1 aliphatic rings. The van der Waals surface area contributed by atoms with Gasteiger partial charge in [-0.05, 0) is 50.8 Å². The van der Waals surface area contributed by atoms with Gasteiger partial charge < -0.3 is 0 Å². The molecule has 0 spiro atoms. The largest absolute Gasteiger partial charge is 0.405 e. The monoisotopic (exact) mass is 353 g/mol. The van der Waals surface area contributed by atoms with Crippen LogP contribution in [-0.2, 0) is 11.2 Å². The fourth-order valence-corrected chi connectivity index (χ4v) is 3.21. The molecule has 1 aliphatic heterocycles. The molecule has 0 aliphatic carbocycles. The number of rotatable bonds is 6. The van der Waals surface area contributed by atoms with Crippen LogP contribution in [0.4, 0.5) is 13.2 Å². The van der Waals surface area contributed by atoms with Crippen LogP contribution in [0, 0.1) is 11.3 Å². The second-order valence-electron chi connectivity index (χ2n) is 7.01. The molecule has 0 unspecified atom stereocenters. The van der Waals surface area contributed by atoms with Crippen molar-refractivity contribution in [3.63, 3.8) is 0 Å². The summed E-state index contributed by atoms with van der Waals surface area (Å²) in [5, 5.41) is 9.93. The summed E-state index contributed by atoms with van der Waals surface area (Å²) in [6.45, 7) is 3.27. The number of hydrogen-bond donors (Lipinski definition) is 1. The molecule has 0 radical (unpaired) electrons. The van der Waals surface area contributed by atoms with Gasteiger partial charge in [0.2, 0.25) is 5.91 Å². The lowest BCUT2D eigenvalue weighted by Gasteiger charge is -2.37. The maximum atomic E-state index is 13.5. The summed E-state index contributed by atoms with van der Waals surface area (Å²) in [5.41, 5.74) is 2.99. The van der Waals surface area contributed by atoms with Gasteiger partial charge in [-0.15, -0.1) is 0 Å². The standard InChI is InChI=1S/C18H22F3N3O/c1-17(2)11-16(25)23-24(17)15(18(19,20)21)9-4-3-6-13-7-5-8-14(10-13)12-22/h5,7-8,10,15H,3-4,6,9,11H2,1-2H3,(H,23,25)/t15-/m0/s1. The number of unbranched alkanes of at least 4 members (excludes halogenated alkanes) is 1. The number of hydrogen-bond acceptors (Lipinski definition) is 3. The van der Waals surface area contributed by atoms with Gasteiger partial charge in [0.15, 0.2) is 0 Å². The maximum Gasteiger partial charge on any atom is 0.405 e. The van der Waals surface area contributed by atoms with E-state index in [0.29, 0.717) is 24.8 Å². The third-order valence-corrected chi connectivity index (χ3v) is 4.43. The molecular formula is C18H22F3N3O. The number of amides is 1. The summed E-state index contributed by atoms with van der Waals surface area (Å²) in [5.74, 6) is -0.382. The Balaban J connectivity index is 1.95. The molecule has 1 aromatic carbocycles. The fourth-order valence-electron chi connectivity index (χ4n) is 3.21. The zero-order valence-electron chi connectivity index (χ0n) is 14.4. The van der Waals surface area contributed by atoms with E-state index in [9.17, 15) is 18.0 Å². The van der Waals surface area contributed by atoms with Gasteiger partial charge in [0.25, 0.3) is 0 Å². The average molecular weight is 353 g/mol. The molecule has 136 valence electrons. The van der Waals surface area contributed by atoms with Crippen molar-refractivity contribution in [3.05, 3.63) is 35.4 Å². The van der Waals surface area contributed by atoms with Gasteiger partial charge in [0.1, 0.15) is 6.04 Å². The number of nitrogens with zero attached hydrogens (tertiary/aromatic N) is 2. The first kappa shape index (κ1) is 19.3. The minimum Gasteiger partial charge on any atom is -0.288 e. The van der Waals surface area contributed by atoms with Crippen LogP contribution in [0.2, 0.25) is 0 Å². The van der Waals surface area contributed by atoms with Crippen LogP contribution >= 0.6 is 0 Å². The lowest BCUT2D eigenvalue weighted by Crippen LogP contribution is -2.56. The number of carbonyl (C=O) groups is 1. The van der Waals surface area contributed by atoms with E-state index in [-0.39, 0.29) is 18.7 Å². The number of hydrazine groups is 1. The minimum atomic E-state index is -4.41. The second-order valence-corrected chi connectivity index (χ2v) is 7.01. The molecule has 4 nitrogen and oxygen atoms in total. The smallest absolute Gasteiger partial charge is 0.288 e. The fraction of sp³-hybridized carbons (Fsp3) is 0.556. The van der Waals surface area contributed by atoms with Crippen molar-refractivity contribution in [2.24, 2.45) is 0 Å². The van der Waals surface area contributed by atoms with Crippen molar-refractivity contribution < 1.29 is 18.0 Å². The quantitative estimate of drug-likeness (QED) is 0.793. The van der Waals surface area contributed by atoms with Crippen molar-refractivity contribution in [1.82, 2.24) is 10.4 Å². The summed E-state index contributed by atoms with van der Waals surface area (Å²) >= 11 is 0. The molecule has 1 saturated heterocycles. The third-order valence-electron chi connectivity index (χ3n) is 4.43. The molecule has 0 aromatic heterocycles. The van der Waals surface area contributed by atoms with E-state index in [2.05, 4.69) is 11.5 Å². The van der Waals surface area contributed by atoms with Gasteiger partial charge in [-0.2, -0.15) is 18.4 Å². The number of nitriles is 1. The first-order valence-electron chi connectivity index (χ1n) is 8.28. The molecule has 0 bridgehead atoms. The Hall–Kier alpha value is -2.07. The molecule has 7 heteroatoms. The number of alkyl halides is 3. The van der Waals surface area contributed by atoms with Crippen molar-refractivity contribution in [2.75, 3.05) is 0 Å². The zero-order chi connectivity index (χ0) is 18.7. The first-order chi connectivity index (χ1) is 11.6. The number of aryl methyl sites for hydroxylation is 1. The second kappa shape index (κ2) is 7.44. The number of carbonyl (C=O) groups excluding carboxylic acids is 1. The van der Waals surface area contributed by atoms with Crippen LogP contribution in [0.5, 0.6) is 0 Å². The van der Waals surface area contributed by atoms with Crippen LogP contribution in [0.1, 0.15) is 50.7 Å². The van der Waals surface area contributed by atoms with Crippen molar-refractivity contribution >= 4 is 5.91 Å². The Morgan fingerprint density at radius 1 is 1.36 bits per heavy atom. The Bertz CT molecular complexity index is 664. The molecule has 1 atom stereocenters. The predicted molar refractivity (Wildman–Crippen MR) is 87.2 cm³/mol. The van der Waals surface area contributed by atoms with E-state index in [1.54, 1.807) is 32.0 Å². The van der Waals surface area contributed by atoms with Gasteiger partial charge >= 0.3 is 6.18 Å². The minimum absolute atomic E-state index is 0.0561. The van der Waals surface area contributed by atoms with Crippen LogP contribution in [-0.4, -0.2) is 28.7 Å². The number of benzene rings is 1. The van der Waals surface area contributed by atoms with E-state index in [4.69, 9.17) is 5.26 Å². The highest BCUT2D eigenvalue weighted by molar-refractivity contribution is 5.78. The van der Waals surface area contributed by atoms with E-state index in [1.165, 1.54) is 0 Å². The van der Waals surface area contributed by atoms with Gasteiger partial charge in [-0.3, -0.25) is 10.2 Å². The summed E-state index contributed by atoms with van der Waals surface area (Å²) < 4.78 is 40.4. The molecular weight excluding hydrogens is 331 g/mol. The van der Waals surface area contributed by atoms with Gasteiger partial charge in [-0.25, -0.2) is 5.01 Å². The van der Waals surface area contributed by atoms with Gasteiger partial charge in [0.05, 0.1) is 11.6 Å². The average Bonchev–Trinajstić information content (AvgIpc) is 2.78. The lowest BCUT2D eigenvalue weighted by atomic mass is 9.97. The molecule has 1 amide bonds. The molecule has 1 fully saturated rings. The highest BCUT2D eigenvalue weighted by Crippen LogP contribution is 2.35. The molecule has 1 N–H and O–H groups in total. The maximum absolute atomic E-state index is 13.5. The topological polar surface area (TPSA) is 56.1 Å². The van der Waals surface area contributed by atoms with E-state index < -0.39 is 17.8 Å². The highest BCUT2D eigenvalue weighted by Gasteiger charge is 2.51. The number of nitrogens with one attached hydrogen (secondary N) is 1.